The maximum absolute atomic E-state index is 11.7. The first-order valence-corrected chi connectivity index (χ1v) is 8.33. The average molecular weight is 283 g/mol. The van der Waals surface area contributed by atoms with E-state index in [1.54, 1.807) is 0 Å². The van der Waals surface area contributed by atoms with Gasteiger partial charge in [0.25, 0.3) is 0 Å². The summed E-state index contributed by atoms with van der Waals surface area (Å²) in [7, 11) is 0. The zero-order valence-corrected chi connectivity index (χ0v) is 14.8. The number of carbonyl (C=O) groups is 1. The van der Waals surface area contributed by atoms with E-state index >= 15 is 0 Å². The van der Waals surface area contributed by atoms with Crippen LogP contribution in [0.4, 0.5) is 0 Å². The Morgan fingerprint density at radius 3 is 1.90 bits per heavy atom. The van der Waals surface area contributed by atoms with Crippen LogP contribution in [0.15, 0.2) is 0 Å². The molecule has 0 spiro atoms. The van der Waals surface area contributed by atoms with E-state index in [0.29, 0.717) is 11.2 Å². The first kappa shape index (κ1) is 19.6. The zero-order valence-electron chi connectivity index (χ0n) is 14.8. The molecule has 0 heterocycles. The molecule has 0 aromatic heterocycles. The summed E-state index contributed by atoms with van der Waals surface area (Å²) in [6.45, 7) is 15.4. The predicted molar refractivity (Wildman–Crippen MR) is 89.1 cm³/mol. The molecule has 0 radical (unpaired) electrons. The maximum atomic E-state index is 11.7. The molecule has 0 unspecified atom stereocenters. The van der Waals surface area contributed by atoms with Crippen LogP contribution in [-0.4, -0.2) is 18.9 Å². The number of carbonyl (C=O) groups excluding carboxylic acids is 1. The maximum Gasteiger partial charge on any atom is 0.133 e. The molecule has 0 bridgehead atoms. The highest BCUT2D eigenvalue weighted by Gasteiger charge is 2.15. The summed E-state index contributed by atoms with van der Waals surface area (Å²) < 4.78 is 0. The van der Waals surface area contributed by atoms with Crippen LogP contribution in [0.1, 0.15) is 86.5 Å². The van der Waals surface area contributed by atoms with E-state index in [1.807, 2.05) is 0 Å². The van der Waals surface area contributed by atoms with Gasteiger partial charge in [0.1, 0.15) is 5.78 Å². The second-order valence-electron chi connectivity index (χ2n) is 8.53. The highest BCUT2D eigenvalue weighted by atomic mass is 16.1. The van der Waals surface area contributed by atoms with Crippen molar-refractivity contribution in [1.29, 1.82) is 0 Å². The van der Waals surface area contributed by atoms with Crippen molar-refractivity contribution in [2.75, 3.05) is 13.1 Å². The van der Waals surface area contributed by atoms with Crippen molar-refractivity contribution in [3.05, 3.63) is 0 Å². The lowest BCUT2D eigenvalue weighted by Gasteiger charge is -2.18. The van der Waals surface area contributed by atoms with Gasteiger partial charge in [-0.3, -0.25) is 4.79 Å². The molecule has 0 rings (SSSR count). The average Bonchev–Trinajstić information content (AvgIpc) is 2.22. The van der Waals surface area contributed by atoms with Crippen LogP contribution in [0.25, 0.3) is 0 Å². The van der Waals surface area contributed by atoms with Crippen molar-refractivity contribution in [3.8, 4) is 0 Å². The molecule has 20 heavy (non-hydrogen) atoms. The third-order valence-electron chi connectivity index (χ3n) is 3.19. The van der Waals surface area contributed by atoms with E-state index in [0.717, 1.165) is 32.4 Å². The van der Waals surface area contributed by atoms with Crippen LogP contribution in [0, 0.1) is 10.8 Å². The molecular weight excluding hydrogens is 246 g/mol. The number of unbranched alkanes of at least 4 members (excludes halogenated alkanes) is 4. The Hall–Kier alpha value is -0.370. The SMILES string of the molecule is CC(C)(C)CNCCCCCCCC(=O)CC(C)(C)C. The molecule has 0 saturated heterocycles. The quantitative estimate of drug-likeness (QED) is 0.574. The molecule has 0 aromatic rings. The van der Waals surface area contributed by atoms with Crippen LogP contribution < -0.4 is 5.32 Å². The fourth-order valence-corrected chi connectivity index (χ4v) is 2.25. The summed E-state index contributed by atoms with van der Waals surface area (Å²) in [6.07, 6.45) is 7.58. The van der Waals surface area contributed by atoms with Crippen molar-refractivity contribution in [3.63, 3.8) is 0 Å². The van der Waals surface area contributed by atoms with Crippen molar-refractivity contribution >= 4 is 5.78 Å². The molecule has 0 aliphatic heterocycles. The topological polar surface area (TPSA) is 29.1 Å². The van der Waals surface area contributed by atoms with E-state index < -0.39 is 0 Å². The Morgan fingerprint density at radius 2 is 1.35 bits per heavy atom. The highest BCUT2D eigenvalue weighted by Crippen LogP contribution is 2.20. The minimum atomic E-state index is 0.149. The van der Waals surface area contributed by atoms with Crippen molar-refractivity contribution < 1.29 is 4.79 Å². The fourth-order valence-electron chi connectivity index (χ4n) is 2.25. The Balaban J connectivity index is 3.31. The van der Waals surface area contributed by atoms with Crippen LogP contribution >= 0.6 is 0 Å². The molecule has 2 heteroatoms. The van der Waals surface area contributed by atoms with Gasteiger partial charge in [-0.25, -0.2) is 0 Å². The smallest absolute Gasteiger partial charge is 0.133 e. The van der Waals surface area contributed by atoms with Gasteiger partial charge in [-0.05, 0) is 36.8 Å². The molecule has 0 aliphatic rings. The van der Waals surface area contributed by atoms with Crippen LogP contribution in [0.2, 0.25) is 0 Å². The first-order valence-electron chi connectivity index (χ1n) is 8.33. The second kappa shape index (κ2) is 9.55. The molecule has 1 N–H and O–H groups in total. The van der Waals surface area contributed by atoms with E-state index in [9.17, 15) is 4.79 Å². The molecule has 0 fully saturated rings. The molecule has 2 nitrogen and oxygen atoms in total. The van der Waals surface area contributed by atoms with Gasteiger partial charge in [-0.2, -0.15) is 0 Å². The number of hydrogen-bond acceptors (Lipinski definition) is 2. The molecule has 120 valence electrons. The molecule has 0 amide bonds. The monoisotopic (exact) mass is 283 g/mol. The Bertz CT molecular complexity index is 258. The largest absolute Gasteiger partial charge is 0.316 e. The zero-order chi connectivity index (χ0) is 15.6. The molecule has 0 aromatic carbocycles. The van der Waals surface area contributed by atoms with Gasteiger partial charge in [0.05, 0.1) is 0 Å². The van der Waals surface area contributed by atoms with Gasteiger partial charge in [0.2, 0.25) is 0 Å². The number of hydrogen-bond donors (Lipinski definition) is 1. The van der Waals surface area contributed by atoms with Crippen LogP contribution in [-0.2, 0) is 4.79 Å². The van der Waals surface area contributed by atoms with Gasteiger partial charge in [-0.15, -0.1) is 0 Å². The van der Waals surface area contributed by atoms with Gasteiger partial charge in [0, 0.05) is 12.8 Å². The molecule has 0 aliphatic carbocycles. The second-order valence-corrected chi connectivity index (χ2v) is 8.53. The van der Waals surface area contributed by atoms with Gasteiger partial charge < -0.3 is 5.32 Å². The summed E-state index contributed by atoms with van der Waals surface area (Å²) in [5.41, 5.74) is 0.531. The van der Waals surface area contributed by atoms with Crippen LogP contribution in [0.3, 0.4) is 0 Å². The standard InChI is InChI=1S/C18H37NO/c1-17(2,3)14-16(20)12-10-8-7-9-11-13-19-15-18(4,5)6/h19H,7-15H2,1-6H3. The molecular formula is C18H37NO. The summed E-state index contributed by atoms with van der Waals surface area (Å²) in [5.74, 6) is 0.435. The number of ketones is 1. The summed E-state index contributed by atoms with van der Waals surface area (Å²) in [6, 6.07) is 0. The van der Waals surface area contributed by atoms with Crippen LogP contribution in [0.5, 0.6) is 0 Å². The summed E-state index contributed by atoms with van der Waals surface area (Å²) in [5, 5.41) is 3.51. The lowest BCUT2D eigenvalue weighted by Crippen LogP contribution is -2.27. The third kappa shape index (κ3) is 15.7. The highest BCUT2D eigenvalue weighted by molar-refractivity contribution is 5.78. The number of nitrogens with one attached hydrogen (secondary N) is 1. The first-order chi connectivity index (χ1) is 9.10. The van der Waals surface area contributed by atoms with E-state index in [2.05, 4.69) is 46.9 Å². The minimum absolute atomic E-state index is 0.149. The Morgan fingerprint density at radius 1 is 0.800 bits per heavy atom. The lowest BCUT2D eigenvalue weighted by atomic mass is 9.88. The van der Waals surface area contributed by atoms with E-state index in [-0.39, 0.29) is 5.41 Å². The molecule has 0 atom stereocenters. The Labute approximate surface area is 127 Å². The molecule has 0 saturated carbocycles. The number of rotatable bonds is 10. The normalized spacial score (nSPS) is 12.7. The van der Waals surface area contributed by atoms with E-state index in [1.165, 1.54) is 25.7 Å². The van der Waals surface area contributed by atoms with E-state index in [4.69, 9.17) is 0 Å². The van der Waals surface area contributed by atoms with Crippen molar-refractivity contribution in [1.82, 2.24) is 5.32 Å². The third-order valence-corrected chi connectivity index (χ3v) is 3.19. The Kier molecular flexibility index (Phi) is 9.37. The van der Waals surface area contributed by atoms with Gasteiger partial charge in [0.15, 0.2) is 0 Å². The number of Topliss-reactive ketones (excluding diaryl/α,β-unsaturated/α-hetero) is 1. The summed E-state index contributed by atoms with van der Waals surface area (Å²) in [4.78, 5) is 11.7. The van der Waals surface area contributed by atoms with Gasteiger partial charge in [-0.1, -0.05) is 60.8 Å². The summed E-state index contributed by atoms with van der Waals surface area (Å²) >= 11 is 0. The van der Waals surface area contributed by atoms with Crippen molar-refractivity contribution in [2.45, 2.75) is 86.5 Å². The fraction of sp³-hybridized carbons (Fsp3) is 0.944. The van der Waals surface area contributed by atoms with Gasteiger partial charge >= 0.3 is 0 Å². The predicted octanol–water partition coefficient (Wildman–Crippen LogP) is 4.97. The minimum Gasteiger partial charge on any atom is -0.316 e. The van der Waals surface area contributed by atoms with Crippen molar-refractivity contribution in [2.24, 2.45) is 10.8 Å². The lowest BCUT2D eigenvalue weighted by molar-refractivity contribution is -0.120.